The molecule has 1 heterocycles. The van der Waals surface area contributed by atoms with Gasteiger partial charge in [0.1, 0.15) is 22.7 Å². The summed E-state index contributed by atoms with van der Waals surface area (Å²) in [5, 5.41) is 8.69. The van der Waals surface area contributed by atoms with Crippen LogP contribution in [-0.4, -0.2) is 31.2 Å². The van der Waals surface area contributed by atoms with Gasteiger partial charge in [0.05, 0.1) is 19.2 Å². The van der Waals surface area contributed by atoms with Crippen molar-refractivity contribution in [1.82, 2.24) is 5.43 Å². The Labute approximate surface area is 196 Å². The van der Waals surface area contributed by atoms with Gasteiger partial charge in [-0.25, -0.2) is 5.43 Å². The normalized spacial score (nSPS) is 11.4. The molecule has 0 atom stereocenters. The molecule has 0 aliphatic heterocycles. The zero-order chi connectivity index (χ0) is 24.1. The highest BCUT2D eigenvalue weighted by molar-refractivity contribution is 6.10. The largest absolute Gasteiger partial charge is 0.495 e. The van der Waals surface area contributed by atoms with Crippen LogP contribution in [0, 0.1) is 6.92 Å². The van der Waals surface area contributed by atoms with Gasteiger partial charge in [-0.1, -0.05) is 36.4 Å². The van der Waals surface area contributed by atoms with E-state index in [-0.39, 0.29) is 18.9 Å². The highest BCUT2D eigenvalue weighted by Crippen LogP contribution is 2.36. The van der Waals surface area contributed by atoms with Crippen molar-refractivity contribution in [1.29, 1.82) is 0 Å². The van der Waals surface area contributed by atoms with E-state index < -0.39 is 5.91 Å². The molecule has 0 unspecified atom stereocenters. The van der Waals surface area contributed by atoms with Crippen molar-refractivity contribution in [2.24, 2.45) is 5.10 Å². The number of hydrazone groups is 1. The summed E-state index contributed by atoms with van der Waals surface area (Å²) in [5.41, 5.74) is 5.66. The standard InChI is InChI=1S/C26H25N3O5/c1-16-8-4-6-10-21(16)33-15-26(31)29-28-17(2)12-25(30)27-20-14-23-19(13-24(20)32-3)18-9-5-7-11-22(18)34-23/h4-11,13-14H,12,15H2,1-3H3,(H,27,30)(H,29,31). The minimum atomic E-state index is -0.417. The van der Waals surface area contributed by atoms with Crippen LogP contribution in [0.5, 0.6) is 11.5 Å². The summed E-state index contributed by atoms with van der Waals surface area (Å²) in [7, 11) is 1.54. The van der Waals surface area contributed by atoms with Crippen LogP contribution in [0.4, 0.5) is 5.69 Å². The molecule has 2 amide bonds. The SMILES string of the molecule is COc1cc2c(cc1NC(=O)CC(C)=NNC(=O)COc1ccccc1C)oc1ccccc12. The number of para-hydroxylation sites is 2. The molecule has 4 rings (SSSR count). The molecule has 0 spiro atoms. The zero-order valence-corrected chi connectivity index (χ0v) is 19.2. The summed E-state index contributed by atoms with van der Waals surface area (Å²) < 4.78 is 16.9. The number of aryl methyl sites for hydroxylation is 1. The third kappa shape index (κ3) is 5.17. The van der Waals surface area contributed by atoms with E-state index in [1.165, 1.54) is 0 Å². The predicted octanol–water partition coefficient (Wildman–Crippen LogP) is 4.80. The molecule has 0 aliphatic carbocycles. The molecule has 34 heavy (non-hydrogen) atoms. The van der Waals surface area contributed by atoms with Gasteiger partial charge in [0.2, 0.25) is 5.91 Å². The number of carbonyl (C=O) groups is 2. The molecular weight excluding hydrogens is 434 g/mol. The summed E-state index contributed by atoms with van der Waals surface area (Å²) in [6.07, 6.45) is -0.0136. The molecule has 1 aromatic heterocycles. The van der Waals surface area contributed by atoms with E-state index in [1.54, 1.807) is 26.2 Å². The fraction of sp³-hybridized carbons (Fsp3) is 0.192. The van der Waals surface area contributed by atoms with E-state index in [0.717, 1.165) is 21.9 Å². The molecule has 0 radical (unpaired) electrons. The molecule has 4 aromatic rings. The molecule has 0 bridgehead atoms. The summed E-state index contributed by atoms with van der Waals surface area (Å²) in [5.74, 6) is 0.428. The van der Waals surface area contributed by atoms with E-state index in [4.69, 9.17) is 13.9 Å². The van der Waals surface area contributed by atoms with Crippen molar-refractivity contribution < 1.29 is 23.5 Å². The highest BCUT2D eigenvalue weighted by atomic mass is 16.5. The maximum Gasteiger partial charge on any atom is 0.277 e. The lowest BCUT2D eigenvalue weighted by molar-refractivity contribution is -0.123. The monoisotopic (exact) mass is 459 g/mol. The number of anilines is 1. The zero-order valence-electron chi connectivity index (χ0n) is 19.2. The van der Waals surface area contributed by atoms with Crippen molar-refractivity contribution in [3.63, 3.8) is 0 Å². The average molecular weight is 460 g/mol. The van der Waals surface area contributed by atoms with Crippen molar-refractivity contribution >= 4 is 45.2 Å². The number of ether oxygens (including phenoxy) is 2. The number of furan rings is 1. The second-order valence-corrected chi connectivity index (χ2v) is 7.81. The van der Waals surface area contributed by atoms with Gasteiger partial charge in [-0.05, 0) is 37.6 Å². The minimum absolute atomic E-state index is 0.0136. The van der Waals surface area contributed by atoms with Crippen molar-refractivity contribution in [2.45, 2.75) is 20.3 Å². The second-order valence-electron chi connectivity index (χ2n) is 7.81. The number of fused-ring (bicyclic) bond motifs is 3. The van der Waals surface area contributed by atoms with Gasteiger partial charge in [-0.15, -0.1) is 0 Å². The van der Waals surface area contributed by atoms with Crippen LogP contribution in [-0.2, 0) is 9.59 Å². The van der Waals surface area contributed by atoms with Crippen LogP contribution >= 0.6 is 0 Å². The Morgan fingerprint density at radius 3 is 2.50 bits per heavy atom. The number of benzene rings is 3. The average Bonchev–Trinajstić information content (AvgIpc) is 3.19. The molecule has 0 aliphatic rings. The Hall–Kier alpha value is -4.33. The predicted molar refractivity (Wildman–Crippen MR) is 131 cm³/mol. The first-order valence-corrected chi connectivity index (χ1v) is 10.7. The number of carbonyl (C=O) groups excluding carboxylic acids is 2. The number of nitrogens with zero attached hydrogens (tertiary/aromatic N) is 1. The van der Waals surface area contributed by atoms with Gasteiger partial charge in [-0.3, -0.25) is 9.59 Å². The molecule has 2 N–H and O–H groups in total. The molecule has 8 heteroatoms. The maximum atomic E-state index is 12.6. The summed E-state index contributed by atoms with van der Waals surface area (Å²) >= 11 is 0. The van der Waals surface area contributed by atoms with Gasteiger partial charge in [0.15, 0.2) is 6.61 Å². The number of amides is 2. The van der Waals surface area contributed by atoms with Crippen LogP contribution in [0.15, 0.2) is 70.2 Å². The van der Waals surface area contributed by atoms with Crippen LogP contribution in [0.2, 0.25) is 0 Å². The van der Waals surface area contributed by atoms with Gasteiger partial charge in [-0.2, -0.15) is 5.10 Å². The van der Waals surface area contributed by atoms with E-state index in [0.29, 0.717) is 28.5 Å². The summed E-state index contributed by atoms with van der Waals surface area (Å²) in [4.78, 5) is 24.6. The number of hydrogen-bond acceptors (Lipinski definition) is 6. The molecule has 8 nitrogen and oxygen atoms in total. The fourth-order valence-electron chi connectivity index (χ4n) is 3.54. The lowest BCUT2D eigenvalue weighted by Crippen LogP contribution is -2.26. The lowest BCUT2D eigenvalue weighted by atomic mass is 10.1. The molecule has 0 fully saturated rings. The summed E-state index contributed by atoms with van der Waals surface area (Å²) in [6, 6.07) is 18.7. The fourth-order valence-corrected chi connectivity index (χ4v) is 3.54. The van der Waals surface area contributed by atoms with Gasteiger partial charge >= 0.3 is 0 Å². The van der Waals surface area contributed by atoms with Crippen molar-refractivity contribution in [3.8, 4) is 11.5 Å². The second kappa shape index (κ2) is 10.1. The number of nitrogens with one attached hydrogen (secondary N) is 2. The van der Waals surface area contributed by atoms with Gasteiger partial charge in [0, 0.05) is 22.6 Å². The number of hydrogen-bond donors (Lipinski definition) is 2. The summed E-state index contributed by atoms with van der Waals surface area (Å²) in [6.45, 7) is 3.37. The minimum Gasteiger partial charge on any atom is -0.495 e. The van der Waals surface area contributed by atoms with Crippen molar-refractivity contribution in [2.75, 3.05) is 19.0 Å². The molecule has 174 valence electrons. The quantitative estimate of drug-likeness (QED) is 0.291. The smallest absolute Gasteiger partial charge is 0.277 e. The van der Waals surface area contributed by atoms with Crippen LogP contribution in [0.3, 0.4) is 0 Å². The first-order valence-electron chi connectivity index (χ1n) is 10.7. The highest BCUT2D eigenvalue weighted by Gasteiger charge is 2.15. The molecule has 3 aromatic carbocycles. The Bertz CT molecular complexity index is 1390. The molecule has 0 saturated carbocycles. The third-order valence-corrected chi connectivity index (χ3v) is 5.21. The Balaban J connectivity index is 1.36. The van der Waals surface area contributed by atoms with Gasteiger partial charge < -0.3 is 19.2 Å². The van der Waals surface area contributed by atoms with E-state index in [1.807, 2.05) is 55.5 Å². The molecule has 0 saturated heterocycles. The topological polar surface area (TPSA) is 102 Å². The molecular formula is C26H25N3O5. The Kier molecular flexibility index (Phi) is 6.77. The first-order chi connectivity index (χ1) is 16.4. The van der Waals surface area contributed by atoms with Crippen molar-refractivity contribution in [3.05, 3.63) is 66.2 Å². The van der Waals surface area contributed by atoms with Crippen LogP contribution in [0.1, 0.15) is 18.9 Å². The van der Waals surface area contributed by atoms with Crippen LogP contribution in [0.25, 0.3) is 21.9 Å². The lowest BCUT2D eigenvalue weighted by Gasteiger charge is -2.10. The Morgan fingerprint density at radius 2 is 1.71 bits per heavy atom. The number of rotatable bonds is 8. The van der Waals surface area contributed by atoms with Crippen LogP contribution < -0.4 is 20.2 Å². The van der Waals surface area contributed by atoms with Gasteiger partial charge in [0.25, 0.3) is 5.91 Å². The van der Waals surface area contributed by atoms with E-state index >= 15 is 0 Å². The third-order valence-electron chi connectivity index (χ3n) is 5.21. The van der Waals surface area contributed by atoms with E-state index in [2.05, 4.69) is 15.8 Å². The number of methoxy groups -OCH3 is 1. The Morgan fingerprint density at radius 1 is 0.941 bits per heavy atom. The maximum absolute atomic E-state index is 12.6. The first kappa shape index (κ1) is 22.8. The van der Waals surface area contributed by atoms with E-state index in [9.17, 15) is 9.59 Å².